The lowest BCUT2D eigenvalue weighted by Gasteiger charge is -2.16. The number of unbranched alkanes of at least 4 members (excludes halogenated alkanes) is 4. The molecule has 0 N–H and O–H groups in total. The molecule has 29 heavy (non-hydrogen) atoms. The summed E-state index contributed by atoms with van der Waals surface area (Å²) in [6, 6.07) is 0. The smallest absolute Gasteiger partial charge is 0.122 e. The van der Waals surface area contributed by atoms with Crippen molar-refractivity contribution in [2.75, 3.05) is 50.7 Å². The SMILES string of the molecule is CCCCO[P+](=O)OCCCC.CCCCPCCCC.CC[P+](C)(CC)CC. The first-order chi connectivity index (χ1) is 13.9. The number of hydrogen-bond acceptors (Lipinski definition) is 3. The summed E-state index contributed by atoms with van der Waals surface area (Å²) in [7, 11) is -1.02. The first kappa shape index (κ1) is 34.5. The molecule has 0 bridgehead atoms. The van der Waals surface area contributed by atoms with Crippen molar-refractivity contribution in [2.45, 2.75) is 99.8 Å². The summed E-state index contributed by atoms with van der Waals surface area (Å²) in [4.78, 5) is 0. The zero-order valence-corrected chi connectivity index (χ0v) is 24.0. The molecule has 0 saturated carbocycles. The summed E-state index contributed by atoms with van der Waals surface area (Å²) >= 11 is 0. The second-order valence-electron chi connectivity index (χ2n) is 7.62. The van der Waals surface area contributed by atoms with Crippen molar-refractivity contribution in [3.8, 4) is 0 Å². The topological polar surface area (TPSA) is 35.5 Å². The summed E-state index contributed by atoms with van der Waals surface area (Å²) < 4.78 is 20.7. The quantitative estimate of drug-likeness (QED) is 0.156. The van der Waals surface area contributed by atoms with Crippen molar-refractivity contribution < 1.29 is 13.6 Å². The highest BCUT2D eigenvalue weighted by Crippen LogP contribution is 2.53. The summed E-state index contributed by atoms with van der Waals surface area (Å²) in [5.74, 6) is 0. The summed E-state index contributed by atoms with van der Waals surface area (Å²) in [6.45, 7) is 19.2. The molecule has 0 aliphatic heterocycles. The minimum atomic E-state index is -1.85. The van der Waals surface area contributed by atoms with E-state index in [4.69, 9.17) is 9.05 Å². The molecule has 0 saturated heterocycles. The van der Waals surface area contributed by atoms with Crippen molar-refractivity contribution in [3.05, 3.63) is 0 Å². The summed E-state index contributed by atoms with van der Waals surface area (Å²) in [5, 5.41) is 0. The van der Waals surface area contributed by atoms with Crippen LogP contribution < -0.4 is 0 Å². The second-order valence-corrected chi connectivity index (χ2v) is 15.2. The van der Waals surface area contributed by atoms with Gasteiger partial charge in [0.1, 0.15) is 13.2 Å². The zero-order chi connectivity index (χ0) is 22.8. The van der Waals surface area contributed by atoms with E-state index in [1.807, 2.05) is 0 Å². The number of hydrogen-bond donors (Lipinski definition) is 0. The van der Waals surface area contributed by atoms with E-state index in [9.17, 15) is 4.57 Å². The Hall–Kier alpha value is 0.880. The van der Waals surface area contributed by atoms with Crippen molar-refractivity contribution in [1.82, 2.24) is 0 Å². The first-order valence-corrected chi connectivity index (χ1v) is 17.5. The Balaban J connectivity index is -0.000000359. The van der Waals surface area contributed by atoms with Gasteiger partial charge in [-0.15, -0.1) is 17.6 Å². The fourth-order valence-electron chi connectivity index (χ4n) is 2.00. The van der Waals surface area contributed by atoms with Crippen molar-refractivity contribution >= 4 is 24.1 Å². The molecule has 0 aliphatic carbocycles. The van der Waals surface area contributed by atoms with Gasteiger partial charge in [0, 0.05) is 18.5 Å². The molecule has 0 amide bonds. The average Bonchev–Trinajstić information content (AvgIpc) is 2.74. The molecule has 0 rings (SSSR count). The average molecular weight is 473 g/mol. The Morgan fingerprint density at radius 2 is 1.00 bits per heavy atom. The van der Waals surface area contributed by atoms with Gasteiger partial charge in [0.15, 0.2) is 0 Å². The van der Waals surface area contributed by atoms with Crippen LogP contribution in [0.15, 0.2) is 0 Å². The van der Waals surface area contributed by atoms with Crippen molar-refractivity contribution in [3.63, 3.8) is 0 Å². The van der Waals surface area contributed by atoms with Gasteiger partial charge in [-0.1, -0.05) is 53.4 Å². The Morgan fingerprint density at radius 3 is 1.24 bits per heavy atom. The monoisotopic (exact) mass is 472 g/mol. The predicted molar refractivity (Wildman–Crippen MR) is 142 cm³/mol. The molecule has 0 heterocycles. The largest absolute Gasteiger partial charge is 0.697 e. The lowest BCUT2D eigenvalue weighted by Crippen LogP contribution is -1.98. The van der Waals surface area contributed by atoms with Gasteiger partial charge in [0.2, 0.25) is 0 Å². The van der Waals surface area contributed by atoms with Crippen LogP contribution in [-0.4, -0.2) is 50.7 Å². The molecule has 0 aromatic rings. The van der Waals surface area contributed by atoms with Crippen LogP contribution >= 0.6 is 24.1 Å². The normalized spacial score (nSPS) is 10.6. The van der Waals surface area contributed by atoms with Crippen LogP contribution in [0.4, 0.5) is 0 Å². The molecule has 0 aromatic carbocycles. The third-order valence-electron chi connectivity index (χ3n) is 5.09. The van der Waals surface area contributed by atoms with Gasteiger partial charge in [-0.3, -0.25) is 0 Å². The number of rotatable bonds is 17. The van der Waals surface area contributed by atoms with E-state index in [0.717, 1.165) is 25.7 Å². The molecule has 0 fully saturated rings. The Kier molecular flexibility index (Phi) is 34.3. The lowest BCUT2D eigenvalue weighted by atomic mass is 10.4. The second kappa shape index (κ2) is 28.9. The molecule has 0 atom stereocenters. The molecule has 0 aliphatic rings. The maximum atomic E-state index is 10.9. The standard InChI is InChI=1S/C8H18O3P.C8H19P.C7H18P/c1-3-5-7-10-12(9)11-8-6-4-2;1-3-5-7-9-8-6-4-2;1-5-8(4,6-2)7-3/h3-8H2,1-2H3;9H,3-8H2,1-2H3;5-7H2,1-4H3/q+1;;+1. The Morgan fingerprint density at radius 1 is 0.655 bits per heavy atom. The predicted octanol–water partition coefficient (Wildman–Crippen LogP) is 9.24. The van der Waals surface area contributed by atoms with Crippen LogP contribution in [0.1, 0.15) is 99.8 Å². The van der Waals surface area contributed by atoms with Crippen LogP contribution in [0.3, 0.4) is 0 Å². The van der Waals surface area contributed by atoms with Gasteiger partial charge in [0.25, 0.3) is 0 Å². The minimum Gasteiger partial charge on any atom is -0.122 e. The van der Waals surface area contributed by atoms with Gasteiger partial charge in [0.05, 0.1) is 18.5 Å². The molecule has 3 nitrogen and oxygen atoms in total. The van der Waals surface area contributed by atoms with Crippen LogP contribution in [0.5, 0.6) is 0 Å². The highest BCUT2D eigenvalue weighted by molar-refractivity contribution is 7.75. The molecule has 0 spiro atoms. The van der Waals surface area contributed by atoms with E-state index in [2.05, 4.69) is 55.1 Å². The van der Waals surface area contributed by atoms with Gasteiger partial charge in [-0.05, 0) is 58.8 Å². The molecular formula is C23H55O3P3+2. The first-order valence-electron chi connectivity index (χ1n) is 12.2. The van der Waals surface area contributed by atoms with E-state index >= 15 is 0 Å². The van der Waals surface area contributed by atoms with E-state index in [1.165, 1.54) is 65.1 Å². The molecular weight excluding hydrogens is 417 g/mol. The minimum absolute atomic E-state index is 0.412. The molecule has 0 radical (unpaired) electrons. The third-order valence-corrected chi connectivity index (χ3v) is 11.9. The van der Waals surface area contributed by atoms with Crippen LogP contribution in [-0.2, 0) is 13.6 Å². The zero-order valence-electron chi connectivity index (χ0n) is 21.2. The van der Waals surface area contributed by atoms with Gasteiger partial charge >= 0.3 is 8.25 Å². The van der Waals surface area contributed by atoms with E-state index in [0.29, 0.717) is 13.2 Å². The van der Waals surface area contributed by atoms with Crippen molar-refractivity contribution in [1.29, 1.82) is 0 Å². The molecule has 0 aromatic heterocycles. The van der Waals surface area contributed by atoms with E-state index in [1.54, 1.807) is 0 Å². The maximum Gasteiger partial charge on any atom is 0.697 e. The van der Waals surface area contributed by atoms with E-state index in [-0.39, 0.29) is 0 Å². The van der Waals surface area contributed by atoms with Gasteiger partial charge < -0.3 is 0 Å². The van der Waals surface area contributed by atoms with Gasteiger partial charge in [-0.2, -0.15) is 0 Å². The van der Waals surface area contributed by atoms with Gasteiger partial charge in [-0.25, -0.2) is 0 Å². The Bertz CT molecular complexity index is 285. The molecule has 0 unspecified atom stereocenters. The van der Waals surface area contributed by atoms with Crippen LogP contribution in [0, 0.1) is 0 Å². The van der Waals surface area contributed by atoms with E-state index < -0.39 is 15.5 Å². The molecule has 6 heteroatoms. The Labute approximate surface area is 188 Å². The fourth-order valence-corrected chi connectivity index (χ4v) is 5.43. The van der Waals surface area contributed by atoms with Crippen LogP contribution in [0.2, 0.25) is 0 Å². The summed E-state index contributed by atoms with van der Waals surface area (Å²) in [5.41, 5.74) is 0. The molecule has 178 valence electrons. The van der Waals surface area contributed by atoms with Crippen LogP contribution in [0.25, 0.3) is 0 Å². The highest BCUT2D eigenvalue weighted by atomic mass is 31.2. The third kappa shape index (κ3) is 31.2. The fraction of sp³-hybridized carbons (Fsp3) is 1.00. The lowest BCUT2D eigenvalue weighted by molar-refractivity contribution is 0.221. The summed E-state index contributed by atoms with van der Waals surface area (Å²) in [6.07, 6.45) is 16.9. The highest BCUT2D eigenvalue weighted by Gasteiger charge is 2.22. The van der Waals surface area contributed by atoms with Crippen molar-refractivity contribution in [2.24, 2.45) is 0 Å². The maximum absolute atomic E-state index is 10.9.